The number of halogens is 1. The molecule has 22 heavy (non-hydrogen) atoms. The van der Waals surface area contributed by atoms with Gasteiger partial charge in [-0.3, -0.25) is 9.69 Å². The second-order valence-electron chi connectivity index (χ2n) is 6.88. The van der Waals surface area contributed by atoms with Gasteiger partial charge in [0.25, 0.3) is 0 Å². The second kappa shape index (κ2) is 5.20. The van der Waals surface area contributed by atoms with Crippen LogP contribution in [0.4, 0.5) is 0 Å². The Balaban J connectivity index is 1.58. The Morgan fingerprint density at radius 2 is 2.32 bits per heavy atom. The molecule has 1 spiro atoms. The van der Waals surface area contributed by atoms with Crippen LogP contribution >= 0.6 is 22.9 Å². The Morgan fingerprint density at radius 1 is 1.50 bits per heavy atom. The lowest BCUT2D eigenvalue weighted by Crippen LogP contribution is -2.50. The van der Waals surface area contributed by atoms with Gasteiger partial charge >= 0.3 is 0 Å². The average molecular weight is 341 g/mol. The second-order valence-corrected chi connectivity index (χ2v) is 8.68. The Bertz CT molecular complexity index is 605. The van der Waals surface area contributed by atoms with Crippen molar-refractivity contribution in [2.45, 2.75) is 51.0 Å². The first-order valence-electron chi connectivity index (χ1n) is 7.95. The summed E-state index contributed by atoms with van der Waals surface area (Å²) in [5.41, 5.74) is -0.368. The van der Waals surface area contributed by atoms with E-state index in [1.165, 1.54) is 4.88 Å². The number of carbonyl (C=O) groups is 1. The molecule has 3 atom stereocenters. The molecule has 0 bridgehead atoms. The number of carbonyl (C=O) groups excluding carboxylic acids is 1. The molecule has 4 heterocycles. The van der Waals surface area contributed by atoms with E-state index in [1.54, 1.807) is 11.3 Å². The molecule has 0 N–H and O–H groups in total. The fourth-order valence-electron chi connectivity index (χ4n) is 4.28. The summed E-state index contributed by atoms with van der Waals surface area (Å²) in [7, 11) is 0. The summed E-state index contributed by atoms with van der Waals surface area (Å²) in [6.07, 6.45) is 1.51. The number of amides is 1. The highest BCUT2D eigenvalue weighted by Gasteiger charge is 2.64. The van der Waals surface area contributed by atoms with E-state index in [-0.39, 0.29) is 23.7 Å². The summed E-state index contributed by atoms with van der Waals surface area (Å²) in [6.45, 7) is 6.87. The first-order valence-corrected chi connectivity index (χ1v) is 9.15. The molecule has 3 fully saturated rings. The number of rotatable bonds is 3. The highest BCUT2D eigenvalue weighted by atomic mass is 35.5. The number of likely N-dealkylation sites (tertiary alicyclic amines) is 1. The molecule has 1 amide bonds. The third-order valence-electron chi connectivity index (χ3n) is 5.36. The molecule has 3 aliphatic rings. The van der Waals surface area contributed by atoms with Crippen molar-refractivity contribution in [2.75, 3.05) is 13.2 Å². The van der Waals surface area contributed by atoms with Gasteiger partial charge in [0.05, 0.1) is 23.0 Å². The van der Waals surface area contributed by atoms with Crippen LogP contribution < -0.4 is 0 Å². The van der Waals surface area contributed by atoms with Crippen molar-refractivity contribution in [1.29, 1.82) is 0 Å². The van der Waals surface area contributed by atoms with Crippen LogP contribution in [0.5, 0.6) is 0 Å². The topological polar surface area (TPSA) is 32.8 Å². The Hall–Kier alpha value is -0.620. The number of hydrogen-bond donors (Lipinski definition) is 0. The minimum absolute atomic E-state index is 0.185. The Kier molecular flexibility index (Phi) is 3.53. The van der Waals surface area contributed by atoms with Crippen molar-refractivity contribution in [3.8, 4) is 0 Å². The summed E-state index contributed by atoms with van der Waals surface area (Å²) < 4.78 is 7.07. The summed E-state index contributed by atoms with van der Waals surface area (Å²) in [4.78, 5) is 18.3. The summed E-state index contributed by atoms with van der Waals surface area (Å²) in [5, 5.41) is 0. The zero-order chi connectivity index (χ0) is 15.5. The van der Waals surface area contributed by atoms with Crippen LogP contribution in [0.3, 0.4) is 0 Å². The van der Waals surface area contributed by atoms with Gasteiger partial charge in [-0.2, -0.15) is 0 Å². The number of ether oxygens (including phenoxy) is 1. The predicted molar refractivity (Wildman–Crippen MR) is 86.9 cm³/mol. The number of hydrogen-bond acceptors (Lipinski definition) is 4. The smallest absolute Gasteiger partial charge is 0.226 e. The first-order chi connectivity index (χ1) is 10.5. The van der Waals surface area contributed by atoms with Crippen molar-refractivity contribution in [3.05, 3.63) is 21.3 Å². The van der Waals surface area contributed by atoms with Crippen LogP contribution in [0.1, 0.15) is 31.6 Å². The predicted octanol–water partition coefficient (Wildman–Crippen LogP) is 2.96. The molecule has 0 unspecified atom stereocenters. The van der Waals surface area contributed by atoms with Crippen molar-refractivity contribution < 1.29 is 9.53 Å². The van der Waals surface area contributed by atoms with Gasteiger partial charge in [-0.05, 0) is 18.1 Å². The lowest BCUT2D eigenvalue weighted by molar-refractivity contribution is -0.139. The molecule has 0 aromatic carbocycles. The van der Waals surface area contributed by atoms with Crippen LogP contribution in [0.2, 0.25) is 4.34 Å². The van der Waals surface area contributed by atoms with Crippen LogP contribution in [0, 0.1) is 5.92 Å². The highest BCUT2D eigenvalue weighted by molar-refractivity contribution is 7.16. The minimum Gasteiger partial charge on any atom is -0.352 e. The van der Waals surface area contributed by atoms with Gasteiger partial charge in [-0.15, -0.1) is 11.3 Å². The monoisotopic (exact) mass is 340 g/mol. The van der Waals surface area contributed by atoms with E-state index in [4.69, 9.17) is 16.3 Å². The van der Waals surface area contributed by atoms with Crippen molar-refractivity contribution in [3.63, 3.8) is 0 Å². The maximum atomic E-state index is 12.6. The number of thiophene rings is 1. The van der Waals surface area contributed by atoms with Gasteiger partial charge < -0.3 is 9.64 Å². The van der Waals surface area contributed by atoms with Gasteiger partial charge in [-0.25, -0.2) is 0 Å². The zero-order valence-electron chi connectivity index (χ0n) is 12.9. The normalized spacial score (nSPS) is 34.7. The molecule has 6 heteroatoms. The molecule has 120 valence electrons. The molecular weight excluding hydrogens is 320 g/mol. The van der Waals surface area contributed by atoms with E-state index in [0.717, 1.165) is 23.8 Å². The van der Waals surface area contributed by atoms with Gasteiger partial charge in [0.15, 0.2) is 5.72 Å². The van der Waals surface area contributed by atoms with E-state index in [0.29, 0.717) is 18.9 Å². The molecule has 0 radical (unpaired) electrons. The molecule has 4 nitrogen and oxygen atoms in total. The molecule has 0 aliphatic carbocycles. The van der Waals surface area contributed by atoms with E-state index in [2.05, 4.69) is 29.7 Å². The largest absolute Gasteiger partial charge is 0.352 e. The lowest BCUT2D eigenvalue weighted by Gasteiger charge is -2.34. The first kappa shape index (κ1) is 14.9. The van der Waals surface area contributed by atoms with Gasteiger partial charge in [0.1, 0.15) is 0 Å². The van der Waals surface area contributed by atoms with E-state index >= 15 is 0 Å². The van der Waals surface area contributed by atoms with Gasteiger partial charge in [-0.1, -0.05) is 25.4 Å². The van der Waals surface area contributed by atoms with Crippen LogP contribution in [0.15, 0.2) is 12.1 Å². The molecule has 4 rings (SSSR count). The van der Waals surface area contributed by atoms with Crippen LogP contribution in [0.25, 0.3) is 0 Å². The molecule has 0 saturated carbocycles. The lowest BCUT2D eigenvalue weighted by atomic mass is 10.0. The average Bonchev–Trinajstić information content (AvgIpc) is 3.16. The summed E-state index contributed by atoms with van der Waals surface area (Å²) in [6, 6.07) is 4.44. The van der Waals surface area contributed by atoms with Crippen molar-refractivity contribution >= 4 is 28.8 Å². The highest BCUT2D eigenvalue weighted by Crippen LogP contribution is 2.49. The van der Waals surface area contributed by atoms with E-state index in [9.17, 15) is 4.79 Å². The van der Waals surface area contributed by atoms with Gasteiger partial charge in [0.2, 0.25) is 5.91 Å². The fraction of sp³-hybridized carbons (Fsp3) is 0.688. The molecular formula is C16H21ClN2O2S. The molecule has 1 aromatic rings. The zero-order valence-corrected chi connectivity index (χ0v) is 14.5. The molecule has 3 saturated heterocycles. The van der Waals surface area contributed by atoms with E-state index < -0.39 is 0 Å². The maximum absolute atomic E-state index is 12.6. The number of nitrogens with zero attached hydrogens (tertiary/aromatic N) is 2. The van der Waals surface area contributed by atoms with Crippen molar-refractivity contribution in [1.82, 2.24) is 9.80 Å². The maximum Gasteiger partial charge on any atom is 0.226 e. The molecule has 1 aromatic heterocycles. The standard InChI is InChI=1S/C16H21ClN2O2S/c1-10(2)12-9-21-16-5-6-18(8-11-3-4-14(17)22-11)13(16)7-15(20)19(12)16/h3-4,10,12-13H,5-9H2,1-2H3/t12-,13+,16-/m0/s1. The van der Waals surface area contributed by atoms with Gasteiger partial charge in [0, 0.05) is 30.8 Å². The van der Waals surface area contributed by atoms with Crippen molar-refractivity contribution in [2.24, 2.45) is 5.92 Å². The fourth-order valence-corrected chi connectivity index (χ4v) is 5.39. The molecule has 3 aliphatic heterocycles. The van der Waals surface area contributed by atoms with Crippen LogP contribution in [-0.4, -0.2) is 46.7 Å². The van der Waals surface area contributed by atoms with E-state index in [1.807, 2.05) is 6.07 Å². The quantitative estimate of drug-likeness (QED) is 0.848. The summed E-state index contributed by atoms with van der Waals surface area (Å²) in [5.74, 6) is 0.697. The third kappa shape index (κ3) is 2.06. The summed E-state index contributed by atoms with van der Waals surface area (Å²) >= 11 is 7.66. The minimum atomic E-state index is -0.368. The SMILES string of the molecule is CC(C)[C@@H]1CO[C@@]23CCN(Cc4ccc(Cl)s4)[C@@H]2CC(=O)N13. The van der Waals surface area contributed by atoms with Crippen LogP contribution in [-0.2, 0) is 16.1 Å². The Labute approximate surface area is 140 Å². The third-order valence-corrected chi connectivity index (χ3v) is 6.57. The Morgan fingerprint density at radius 3 is 3.00 bits per heavy atom.